The van der Waals surface area contributed by atoms with Gasteiger partial charge in [0.1, 0.15) is 17.1 Å². The van der Waals surface area contributed by atoms with E-state index in [1.165, 1.54) is 12.1 Å². The lowest BCUT2D eigenvalue weighted by Crippen LogP contribution is -2.01. The Morgan fingerprint density at radius 3 is 2.81 bits per heavy atom. The summed E-state index contributed by atoms with van der Waals surface area (Å²) in [5.74, 6) is 0.563. The number of nitrogen functional groups attached to an aromatic ring is 1. The maximum Gasteiger partial charge on any atom is 0.387 e. The highest BCUT2D eigenvalue weighted by molar-refractivity contribution is 6.31. The van der Waals surface area contributed by atoms with Crippen molar-refractivity contribution in [2.45, 2.75) is 6.61 Å². The molecule has 0 unspecified atom stereocenters. The topological polar surface area (TPSA) is 63.9 Å². The van der Waals surface area contributed by atoms with Crippen LogP contribution < -0.4 is 10.5 Å². The van der Waals surface area contributed by atoms with E-state index in [2.05, 4.69) is 14.7 Å². The molecule has 0 atom stereocenters. The van der Waals surface area contributed by atoms with Crippen molar-refractivity contribution in [1.29, 1.82) is 0 Å². The molecule has 0 bridgehead atoms. The Kier molecular flexibility index (Phi) is 3.39. The minimum absolute atomic E-state index is 0.0639. The molecule has 4 nitrogen and oxygen atoms in total. The fourth-order valence-corrected chi connectivity index (χ4v) is 2.29. The number of hydrogen-bond acceptors (Lipinski definition) is 3. The van der Waals surface area contributed by atoms with Crippen LogP contribution in [0, 0.1) is 0 Å². The molecule has 0 saturated carbocycles. The van der Waals surface area contributed by atoms with Gasteiger partial charge in [0.05, 0.1) is 11.2 Å². The first-order chi connectivity index (χ1) is 10.0. The summed E-state index contributed by atoms with van der Waals surface area (Å²) < 4.78 is 28.9. The molecule has 108 valence electrons. The monoisotopic (exact) mass is 309 g/mol. The van der Waals surface area contributed by atoms with E-state index in [0.29, 0.717) is 33.1 Å². The van der Waals surface area contributed by atoms with Gasteiger partial charge in [0.15, 0.2) is 0 Å². The lowest BCUT2D eigenvalue weighted by molar-refractivity contribution is -0.0498. The third-order valence-corrected chi connectivity index (χ3v) is 3.13. The van der Waals surface area contributed by atoms with Gasteiger partial charge >= 0.3 is 6.61 Å². The summed E-state index contributed by atoms with van der Waals surface area (Å²) in [6, 6.07) is 9.56. The van der Waals surface area contributed by atoms with Crippen LogP contribution in [0.15, 0.2) is 36.4 Å². The first-order valence-corrected chi connectivity index (χ1v) is 6.41. The summed E-state index contributed by atoms with van der Waals surface area (Å²) in [5.41, 5.74) is 8.16. The summed E-state index contributed by atoms with van der Waals surface area (Å²) in [6.45, 7) is -2.87. The number of aromatic amines is 1. The number of rotatable bonds is 3. The van der Waals surface area contributed by atoms with Gasteiger partial charge in [0, 0.05) is 10.6 Å². The van der Waals surface area contributed by atoms with Gasteiger partial charge in [-0.15, -0.1) is 0 Å². The van der Waals surface area contributed by atoms with Crippen molar-refractivity contribution in [2.75, 3.05) is 5.73 Å². The molecule has 0 aliphatic rings. The van der Waals surface area contributed by atoms with Gasteiger partial charge in [0.2, 0.25) is 0 Å². The highest BCUT2D eigenvalue weighted by Crippen LogP contribution is 2.29. The number of benzene rings is 2. The summed E-state index contributed by atoms with van der Waals surface area (Å²) >= 11 is 5.93. The number of H-pyrrole nitrogens is 1. The van der Waals surface area contributed by atoms with Gasteiger partial charge in [-0.1, -0.05) is 23.7 Å². The van der Waals surface area contributed by atoms with Crippen LogP contribution >= 0.6 is 11.6 Å². The number of nitrogens with zero attached hydrogens (tertiary/aromatic N) is 1. The molecule has 0 fully saturated rings. The van der Waals surface area contributed by atoms with Crippen molar-refractivity contribution in [3.05, 3.63) is 41.4 Å². The summed E-state index contributed by atoms with van der Waals surface area (Å²) in [4.78, 5) is 7.42. The van der Waals surface area contributed by atoms with Gasteiger partial charge < -0.3 is 15.5 Å². The second-order valence-electron chi connectivity index (χ2n) is 4.38. The van der Waals surface area contributed by atoms with Crippen LogP contribution in [0.1, 0.15) is 0 Å². The van der Waals surface area contributed by atoms with Gasteiger partial charge in [0.25, 0.3) is 0 Å². The Morgan fingerprint density at radius 2 is 2.05 bits per heavy atom. The van der Waals surface area contributed by atoms with E-state index in [0.717, 1.165) is 0 Å². The van der Waals surface area contributed by atoms with E-state index in [1.807, 2.05) is 0 Å². The first-order valence-electron chi connectivity index (χ1n) is 6.03. The standard InChI is InChI=1S/C14H10ClF2N3O/c15-8-5-10(18)12-11(6-8)19-13(20-12)7-2-1-3-9(4-7)21-14(16)17/h1-6,14H,18H2,(H,19,20). The minimum Gasteiger partial charge on any atom is -0.435 e. The molecule has 7 heteroatoms. The van der Waals surface area contributed by atoms with Crippen molar-refractivity contribution in [1.82, 2.24) is 9.97 Å². The van der Waals surface area contributed by atoms with Crippen molar-refractivity contribution in [3.63, 3.8) is 0 Å². The van der Waals surface area contributed by atoms with Crippen molar-refractivity contribution in [3.8, 4) is 17.1 Å². The molecule has 2 aromatic carbocycles. The predicted molar refractivity (Wildman–Crippen MR) is 77.6 cm³/mol. The lowest BCUT2D eigenvalue weighted by atomic mass is 10.2. The lowest BCUT2D eigenvalue weighted by Gasteiger charge is -2.05. The number of imidazole rings is 1. The summed E-state index contributed by atoms with van der Waals surface area (Å²) in [7, 11) is 0. The van der Waals surface area contributed by atoms with Crippen LogP contribution in [0.2, 0.25) is 5.02 Å². The van der Waals surface area contributed by atoms with Crippen LogP contribution in [0.25, 0.3) is 22.4 Å². The summed E-state index contributed by atoms with van der Waals surface area (Å²) in [6.07, 6.45) is 0. The fraction of sp³-hybridized carbons (Fsp3) is 0.0714. The number of nitrogens with one attached hydrogen (secondary N) is 1. The number of fused-ring (bicyclic) bond motifs is 1. The fourth-order valence-electron chi connectivity index (χ4n) is 2.06. The van der Waals surface area contributed by atoms with E-state index in [-0.39, 0.29) is 5.75 Å². The zero-order chi connectivity index (χ0) is 15.0. The number of nitrogens with two attached hydrogens (primary N) is 1. The normalized spacial score (nSPS) is 11.2. The third-order valence-electron chi connectivity index (χ3n) is 2.91. The number of aromatic nitrogens is 2. The van der Waals surface area contributed by atoms with Crippen molar-refractivity contribution >= 4 is 28.3 Å². The third kappa shape index (κ3) is 2.75. The van der Waals surface area contributed by atoms with Crippen LogP contribution in [0.5, 0.6) is 5.75 Å². The number of ether oxygens (including phenoxy) is 1. The molecule has 21 heavy (non-hydrogen) atoms. The van der Waals surface area contributed by atoms with E-state index >= 15 is 0 Å². The van der Waals surface area contributed by atoms with Crippen LogP contribution in [-0.4, -0.2) is 16.6 Å². The molecule has 1 heterocycles. The SMILES string of the molecule is Nc1cc(Cl)cc2[nH]c(-c3cccc(OC(F)F)c3)nc12. The van der Waals surface area contributed by atoms with Crippen molar-refractivity contribution in [2.24, 2.45) is 0 Å². The Hall–Kier alpha value is -2.34. The van der Waals surface area contributed by atoms with Gasteiger partial charge in [-0.25, -0.2) is 4.98 Å². The predicted octanol–water partition coefficient (Wildman–Crippen LogP) is 4.07. The molecule has 0 saturated heterocycles. The Morgan fingerprint density at radius 1 is 1.24 bits per heavy atom. The second-order valence-corrected chi connectivity index (χ2v) is 4.82. The Bertz CT molecular complexity index is 804. The molecular weight excluding hydrogens is 300 g/mol. The smallest absolute Gasteiger partial charge is 0.387 e. The summed E-state index contributed by atoms with van der Waals surface area (Å²) in [5, 5.41) is 0.491. The van der Waals surface area contributed by atoms with Crippen LogP contribution in [0.3, 0.4) is 0 Å². The number of hydrogen-bond donors (Lipinski definition) is 2. The van der Waals surface area contributed by atoms with Gasteiger partial charge in [-0.2, -0.15) is 8.78 Å². The van der Waals surface area contributed by atoms with E-state index in [4.69, 9.17) is 17.3 Å². The average molecular weight is 310 g/mol. The minimum atomic E-state index is -2.87. The highest BCUT2D eigenvalue weighted by atomic mass is 35.5. The first kappa shape index (κ1) is 13.6. The molecule has 0 spiro atoms. The molecule has 1 aromatic heterocycles. The number of halogens is 3. The molecule has 0 amide bonds. The van der Waals surface area contributed by atoms with E-state index in [9.17, 15) is 8.78 Å². The largest absolute Gasteiger partial charge is 0.435 e. The molecule has 3 N–H and O–H groups in total. The quantitative estimate of drug-likeness (QED) is 0.717. The molecule has 0 aliphatic carbocycles. The molecule has 3 aromatic rings. The molecule has 0 aliphatic heterocycles. The van der Waals surface area contributed by atoms with E-state index < -0.39 is 6.61 Å². The number of anilines is 1. The van der Waals surface area contributed by atoms with Crippen molar-refractivity contribution < 1.29 is 13.5 Å². The Labute approximate surface area is 123 Å². The zero-order valence-electron chi connectivity index (χ0n) is 10.6. The molecular formula is C14H10ClF2N3O. The Balaban J connectivity index is 2.06. The molecule has 0 radical (unpaired) electrons. The maximum atomic E-state index is 12.2. The highest BCUT2D eigenvalue weighted by Gasteiger charge is 2.11. The maximum absolute atomic E-state index is 12.2. The average Bonchev–Trinajstić information content (AvgIpc) is 2.82. The van der Waals surface area contributed by atoms with Gasteiger partial charge in [-0.05, 0) is 24.3 Å². The second kappa shape index (κ2) is 5.21. The number of alkyl halides is 2. The van der Waals surface area contributed by atoms with Crippen LogP contribution in [0.4, 0.5) is 14.5 Å². The van der Waals surface area contributed by atoms with Gasteiger partial charge in [-0.3, -0.25) is 0 Å². The van der Waals surface area contributed by atoms with E-state index in [1.54, 1.807) is 24.3 Å². The molecule has 3 rings (SSSR count). The zero-order valence-corrected chi connectivity index (χ0v) is 11.4. The van der Waals surface area contributed by atoms with Crippen LogP contribution in [-0.2, 0) is 0 Å².